The predicted octanol–water partition coefficient (Wildman–Crippen LogP) is 4.78. The molecule has 2 amide bonds. The zero-order valence-electron chi connectivity index (χ0n) is 27.8. The first-order valence-electron chi connectivity index (χ1n) is 14.6. The summed E-state index contributed by atoms with van der Waals surface area (Å²) in [6, 6.07) is 3.30. The Bertz CT molecular complexity index is 1240. The number of aromatic nitrogens is 4. The maximum absolute atomic E-state index is 12.2. The molecule has 2 aromatic rings. The number of ether oxygens (including phenoxy) is 5. The van der Waals surface area contributed by atoms with E-state index in [9.17, 15) is 14.7 Å². The summed E-state index contributed by atoms with van der Waals surface area (Å²) in [6.07, 6.45) is 2.93. The Morgan fingerprint density at radius 3 is 1.69 bits per heavy atom. The SMILES string of the molecule is COc1cc(Cl)ncn1.COc1cc(O[C@@H]2C[C@H](C)N(C(=O)OC(C)(C)C)C2)ncn1.C[C@H]1C[C@@H](O)CN1C(=O)OC(C)(C)C. The third-order valence-electron chi connectivity index (χ3n) is 6.28. The Hall–Kier alpha value is -3.65. The van der Waals surface area contributed by atoms with Gasteiger partial charge in [0.15, 0.2) is 0 Å². The van der Waals surface area contributed by atoms with E-state index in [1.165, 1.54) is 26.9 Å². The molecular formula is C30H47ClN6O8. The fraction of sp³-hybridized carbons (Fsp3) is 0.667. The van der Waals surface area contributed by atoms with Gasteiger partial charge < -0.3 is 38.6 Å². The lowest BCUT2D eigenvalue weighted by molar-refractivity contribution is 0.0211. The average Bonchev–Trinajstić information content (AvgIpc) is 3.47. The second-order valence-corrected chi connectivity index (χ2v) is 13.0. The van der Waals surface area contributed by atoms with Gasteiger partial charge in [-0.25, -0.2) is 29.5 Å². The number of nitrogens with zero attached hydrogens (tertiary/aromatic N) is 6. The van der Waals surface area contributed by atoms with Crippen LogP contribution in [-0.4, -0.2) is 110 Å². The summed E-state index contributed by atoms with van der Waals surface area (Å²) in [5.41, 5.74) is -0.972. The number of likely N-dealkylation sites (tertiary alicyclic amines) is 2. The number of carbonyl (C=O) groups is 2. The molecule has 14 nitrogen and oxygen atoms in total. The predicted molar refractivity (Wildman–Crippen MR) is 167 cm³/mol. The molecule has 0 aliphatic carbocycles. The van der Waals surface area contributed by atoms with Gasteiger partial charge in [-0.15, -0.1) is 0 Å². The molecule has 15 heteroatoms. The molecule has 2 aromatic heterocycles. The van der Waals surface area contributed by atoms with Gasteiger partial charge in [0.25, 0.3) is 0 Å². The minimum atomic E-state index is -0.504. The van der Waals surface area contributed by atoms with E-state index in [0.29, 0.717) is 42.3 Å². The van der Waals surface area contributed by atoms with E-state index < -0.39 is 17.3 Å². The number of halogens is 1. The first-order valence-corrected chi connectivity index (χ1v) is 15.0. The van der Waals surface area contributed by atoms with Crippen molar-refractivity contribution in [2.75, 3.05) is 27.3 Å². The Balaban J connectivity index is 0.000000261. The van der Waals surface area contributed by atoms with Crippen LogP contribution in [-0.2, 0) is 9.47 Å². The van der Waals surface area contributed by atoms with Crippen molar-refractivity contribution < 1.29 is 38.4 Å². The second-order valence-electron chi connectivity index (χ2n) is 12.6. The summed E-state index contributed by atoms with van der Waals surface area (Å²) in [5.74, 6) is 1.37. The molecular weight excluding hydrogens is 608 g/mol. The van der Waals surface area contributed by atoms with Crippen LogP contribution in [0.25, 0.3) is 0 Å². The van der Waals surface area contributed by atoms with Gasteiger partial charge in [0.1, 0.15) is 35.1 Å². The highest BCUT2D eigenvalue weighted by atomic mass is 35.5. The van der Waals surface area contributed by atoms with Crippen molar-refractivity contribution in [3.05, 3.63) is 29.9 Å². The molecule has 4 heterocycles. The first-order chi connectivity index (χ1) is 20.9. The molecule has 252 valence electrons. The Morgan fingerprint density at radius 2 is 1.24 bits per heavy atom. The molecule has 0 saturated carbocycles. The van der Waals surface area contributed by atoms with Crippen LogP contribution in [0.2, 0.25) is 5.15 Å². The van der Waals surface area contributed by atoms with Gasteiger partial charge in [-0.2, -0.15) is 0 Å². The van der Waals surface area contributed by atoms with Gasteiger partial charge in [0, 0.05) is 24.6 Å². The Morgan fingerprint density at radius 1 is 0.778 bits per heavy atom. The van der Waals surface area contributed by atoms with Crippen LogP contribution in [0.3, 0.4) is 0 Å². The lowest BCUT2D eigenvalue weighted by Crippen LogP contribution is -2.39. The van der Waals surface area contributed by atoms with Crippen molar-refractivity contribution in [2.24, 2.45) is 0 Å². The summed E-state index contributed by atoms with van der Waals surface area (Å²) in [6.45, 7) is 15.8. The zero-order valence-corrected chi connectivity index (χ0v) is 28.6. The summed E-state index contributed by atoms with van der Waals surface area (Å²) >= 11 is 5.49. The molecule has 0 bridgehead atoms. The lowest BCUT2D eigenvalue weighted by Gasteiger charge is -2.26. The molecule has 4 atom stereocenters. The zero-order chi connectivity index (χ0) is 33.9. The van der Waals surface area contributed by atoms with Crippen molar-refractivity contribution in [2.45, 2.75) is 104 Å². The molecule has 2 aliphatic heterocycles. The van der Waals surface area contributed by atoms with Crippen LogP contribution >= 0.6 is 11.6 Å². The number of methoxy groups -OCH3 is 2. The largest absolute Gasteiger partial charge is 0.481 e. The minimum absolute atomic E-state index is 0.0589. The van der Waals surface area contributed by atoms with E-state index in [4.69, 9.17) is 35.3 Å². The highest BCUT2D eigenvalue weighted by molar-refractivity contribution is 6.29. The van der Waals surface area contributed by atoms with E-state index in [-0.39, 0.29) is 30.4 Å². The van der Waals surface area contributed by atoms with Crippen LogP contribution < -0.4 is 14.2 Å². The van der Waals surface area contributed by atoms with Gasteiger partial charge in [0.05, 0.1) is 39.5 Å². The number of hydrogen-bond acceptors (Lipinski definition) is 12. The summed E-state index contributed by atoms with van der Waals surface area (Å²) in [4.78, 5) is 42.4. The quantitative estimate of drug-likeness (QED) is 0.451. The average molecular weight is 655 g/mol. The molecule has 0 aromatic carbocycles. The maximum atomic E-state index is 12.2. The number of aliphatic hydroxyl groups is 1. The molecule has 2 fully saturated rings. The first kappa shape index (κ1) is 37.5. The monoisotopic (exact) mass is 654 g/mol. The van der Waals surface area contributed by atoms with Crippen LogP contribution in [0.1, 0.15) is 68.2 Å². The normalized spacial score (nSPS) is 21.1. The van der Waals surface area contributed by atoms with E-state index in [1.807, 2.05) is 55.4 Å². The molecule has 2 saturated heterocycles. The number of aliphatic hydroxyl groups excluding tert-OH is 1. The van der Waals surface area contributed by atoms with Crippen LogP contribution in [0.15, 0.2) is 24.8 Å². The van der Waals surface area contributed by atoms with Gasteiger partial charge in [0.2, 0.25) is 17.6 Å². The number of hydrogen-bond donors (Lipinski definition) is 1. The molecule has 45 heavy (non-hydrogen) atoms. The molecule has 0 spiro atoms. The smallest absolute Gasteiger partial charge is 0.410 e. The molecule has 4 rings (SSSR count). The molecule has 1 N–H and O–H groups in total. The van der Waals surface area contributed by atoms with E-state index in [2.05, 4.69) is 19.9 Å². The van der Waals surface area contributed by atoms with Crippen molar-refractivity contribution in [3.63, 3.8) is 0 Å². The lowest BCUT2D eigenvalue weighted by atomic mass is 10.2. The standard InChI is InChI=1S/C15H23N3O4.C10H19NO3.C5H5ClN2O/c1-10-6-11(8-18(10)14(19)22-15(2,3)4)21-13-7-12(20-5)16-9-17-13;1-7-5-8(12)6-11(7)9(13)14-10(2,3)4;1-9-5-2-4(6)7-3-8-5/h7,9-11H,6,8H2,1-5H3;7-8,12H,5-6H2,1-4H3;2-3H,1H3/t10-,11+;7-,8+;/m00./s1. The van der Waals surface area contributed by atoms with E-state index in [1.54, 1.807) is 21.9 Å². The highest BCUT2D eigenvalue weighted by Gasteiger charge is 2.36. The van der Waals surface area contributed by atoms with E-state index in [0.717, 1.165) is 6.42 Å². The van der Waals surface area contributed by atoms with Gasteiger partial charge in [-0.05, 0) is 61.8 Å². The molecule has 2 aliphatic rings. The second kappa shape index (κ2) is 16.6. The van der Waals surface area contributed by atoms with Gasteiger partial charge in [-0.3, -0.25) is 0 Å². The third-order valence-corrected chi connectivity index (χ3v) is 6.48. The van der Waals surface area contributed by atoms with Crippen molar-refractivity contribution in [1.82, 2.24) is 29.7 Å². The molecule has 0 radical (unpaired) electrons. The molecule has 0 unspecified atom stereocenters. The fourth-order valence-corrected chi connectivity index (χ4v) is 4.46. The summed E-state index contributed by atoms with van der Waals surface area (Å²) in [7, 11) is 3.06. The van der Waals surface area contributed by atoms with Crippen LogP contribution in [0, 0.1) is 0 Å². The number of rotatable bonds is 4. The fourth-order valence-electron chi connectivity index (χ4n) is 4.32. The third kappa shape index (κ3) is 13.5. The van der Waals surface area contributed by atoms with Crippen molar-refractivity contribution in [1.29, 1.82) is 0 Å². The Labute approximate surface area is 270 Å². The number of carbonyl (C=O) groups excluding carboxylic acids is 2. The summed E-state index contributed by atoms with van der Waals surface area (Å²) in [5, 5.41) is 9.76. The van der Waals surface area contributed by atoms with Gasteiger partial charge >= 0.3 is 12.2 Å². The maximum Gasteiger partial charge on any atom is 0.410 e. The van der Waals surface area contributed by atoms with Crippen LogP contribution in [0.5, 0.6) is 17.6 Å². The van der Waals surface area contributed by atoms with Crippen molar-refractivity contribution >= 4 is 23.8 Å². The van der Waals surface area contributed by atoms with Gasteiger partial charge in [-0.1, -0.05) is 11.6 Å². The number of amides is 2. The Kier molecular flexibility index (Phi) is 13.8. The van der Waals surface area contributed by atoms with E-state index >= 15 is 0 Å². The summed E-state index contributed by atoms with van der Waals surface area (Å²) < 4.78 is 26.2. The van der Waals surface area contributed by atoms with Crippen LogP contribution in [0.4, 0.5) is 9.59 Å². The van der Waals surface area contributed by atoms with Crippen molar-refractivity contribution in [3.8, 4) is 17.6 Å². The minimum Gasteiger partial charge on any atom is -0.481 e. The topological polar surface area (TPSA) is 159 Å². The highest BCUT2D eigenvalue weighted by Crippen LogP contribution is 2.25. The number of β-amino-alcohol motifs (C(OH)–C–C–N with tert-alkyl or cyclic N) is 1.